The molecule has 0 bridgehead atoms. The molecule has 0 aromatic carbocycles. The van der Waals surface area contributed by atoms with E-state index in [0.717, 1.165) is 44.4 Å². The molecule has 40 heavy (non-hydrogen) atoms. The summed E-state index contributed by atoms with van der Waals surface area (Å²) in [5, 5.41) is 1.97. The lowest BCUT2D eigenvalue weighted by Gasteiger charge is -2.25. The van der Waals surface area contributed by atoms with Gasteiger partial charge < -0.3 is 14.6 Å². The van der Waals surface area contributed by atoms with Crippen LogP contribution in [0.5, 0.6) is 0 Å². The summed E-state index contributed by atoms with van der Waals surface area (Å²) in [5.41, 5.74) is -0.794. The third-order valence-corrected chi connectivity index (χ3v) is 9.20. The van der Waals surface area contributed by atoms with Gasteiger partial charge in [0.2, 0.25) is 0 Å². The maximum absolute atomic E-state index is 14.2. The van der Waals surface area contributed by atoms with Gasteiger partial charge in [0.15, 0.2) is 5.03 Å². The van der Waals surface area contributed by atoms with Crippen LogP contribution < -0.4 is 10.0 Å². The van der Waals surface area contributed by atoms with Gasteiger partial charge in [0.25, 0.3) is 15.9 Å². The summed E-state index contributed by atoms with van der Waals surface area (Å²) in [6, 6.07) is 2.39. The zero-order valence-corrected chi connectivity index (χ0v) is 24.3. The molecule has 1 amide bonds. The Labute approximate surface area is 234 Å². The average molecular weight is 585 g/mol. The summed E-state index contributed by atoms with van der Waals surface area (Å²) in [7, 11) is -4.56. The number of sulfonamides is 1. The first-order chi connectivity index (χ1) is 18.7. The van der Waals surface area contributed by atoms with Crippen LogP contribution in [0.1, 0.15) is 87.3 Å². The van der Waals surface area contributed by atoms with E-state index in [0.29, 0.717) is 55.5 Å². The van der Waals surface area contributed by atoms with Gasteiger partial charge in [-0.3, -0.25) is 4.79 Å². The third kappa shape index (κ3) is 7.25. The van der Waals surface area contributed by atoms with E-state index in [1.807, 2.05) is 4.57 Å². The minimum absolute atomic E-state index is 0.0379. The topological polar surface area (TPSA) is 102 Å². The second kappa shape index (κ2) is 11.8. The first-order valence-electron chi connectivity index (χ1n) is 13.9. The van der Waals surface area contributed by atoms with Crippen molar-refractivity contribution >= 4 is 15.9 Å². The van der Waals surface area contributed by atoms with Gasteiger partial charge in [0, 0.05) is 48.8 Å². The molecular formula is C28H39F3N4O4S. The Morgan fingerprint density at radius 3 is 2.33 bits per heavy atom. The molecule has 0 radical (unpaired) electrons. The zero-order chi connectivity index (χ0) is 29.3. The van der Waals surface area contributed by atoms with Crippen LogP contribution in [-0.2, 0) is 27.5 Å². The van der Waals surface area contributed by atoms with E-state index in [-0.39, 0.29) is 17.5 Å². The predicted molar refractivity (Wildman–Crippen MR) is 145 cm³/mol. The van der Waals surface area contributed by atoms with Crippen LogP contribution in [0.2, 0.25) is 0 Å². The molecule has 2 aromatic rings. The van der Waals surface area contributed by atoms with Crippen LogP contribution >= 0.6 is 0 Å². The van der Waals surface area contributed by atoms with E-state index < -0.39 is 32.3 Å². The number of carbonyl (C=O) groups is 1. The molecule has 1 aliphatic heterocycles. The van der Waals surface area contributed by atoms with E-state index >= 15 is 0 Å². The zero-order valence-electron chi connectivity index (χ0n) is 23.5. The Morgan fingerprint density at radius 1 is 1.07 bits per heavy atom. The van der Waals surface area contributed by atoms with Gasteiger partial charge in [-0.25, -0.2) is 18.1 Å². The maximum Gasteiger partial charge on any atom is 0.419 e. The molecule has 3 heterocycles. The largest absolute Gasteiger partial charge is 0.419 e. The van der Waals surface area contributed by atoms with Crippen molar-refractivity contribution in [1.29, 1.82) is 0 Å². The van der Waals surface area contributed by atoms with E-state index in [4.69, 9.17) is 4.74 Å². The fourth-order valence-electron chi connectivity index (χ4n) is 5.54. The van der Waals surface area contributed by atoms with Gasteiger partial charge in [-0.15, -0.1) is 0 Å². The molecule has 0 unspecified atom stereocenters. The Kier molecular flexibility index (Phi) is 9.01. The summed E-state index contributed by atoms with van der Waals surface area (Å²) >= 11 is 0. The fraction of sp³-hybridized carbons (Fsp3) is 0.643. The fourth-order valence-corrected chi connectivity index (χ4v) is 7.10. The number of nitrogens with zero attached hydrogens (tertiary/aromatic N) is 2. The summed E-state index contributed by atoms with van der Waals surface area (Å²) < 4.78 is 78.0. The molecule has 2 fully saturated rings. The van der Waals surface area contributed by atoms with Crippen LogP contribution in [0.25, 0.3) is 11.3 Å². The van der Waals surface area contributed by atoms with Crippen molar-refractivity contribution in [2.75, 3.05) is 13.2 Å². The summed E-state index contributed by atoms with van der Waals surface area (Å²) in [6.45, 7) is 8.10. The van der Waals surface area contributed by atoms with Crippen LogP contribution in [0.4, 0.5) is 13.2 Å². The minimum Gasteiger partial charge on any atom is -0.381 e. The summed E-state index contributed by atoms with van der Waals surface area (Å²) in [5.74, 6) is 0.0429. The number of hydrogen-bond acceptors (Lipinski definition) is 5. The number of amides is 1. The molecule has 1 saturated heterocycles. The number of halogens is 3. The predicted octanol–water partition coefficient (Wildman–Crippen LogP) is 5.44. The van der Waals surface area contributed by atoms with Gasteiger partial charge in [0.1, 0.15) is 0 Å². The lowest BCUT2D eigenvalue weighted by atomic mass is 9.89. The molecule has 1 saturated carbocycles. The number of hydrogen-bond donors (Lipinski definition) is 2. The number of ether oxygens (including phenoxy) is 1. The Hall–Kier alpha value is -2.44. The second-order valence-electron chi connectivity index (χ2n) is 11.9. The normalized spacial score (nSPS) is 18.2. The highest BCUT2D eigenvalue weighted by Gasteiger charge is 2.40. The van der Waals surface area contributed by atoms with Crippen molar-refractivity contribution in [2.45, 2.75) is 102 Å². The lowest BCUT2D eigenvalue weighted by Crippen LogP contribution is -2.41. The van der Waals surface area contributed by atoms with Crippen LogP contribution in [0.3, 0.4) is 0 Å². The van der Waals surface area contributed by atoms with Crippen LogP contribution in [0, 0.1) is 12.8 Å². The molecule has 4 rings (SSSR count). The van der Waals surface area contributed by atoms with Crippen LogP contribution in [0.15, 0.2) is 23.4 Å². The molecule has 222 valence electrons. The smallest absolute Gasteiger partial charge is 0.381 e. The first kappa shape index (κ1) is 30.5. The molecule has 2 N–H and O–H groups in total. The van der Waals surface area contributed by atoms with Gasteiger partial charge in [-0.2, -0.15) is 13.2 Å². The molecule has 2 aromatic heterocycles. The number of nitrogens with one attached hydrogen (secondary N) is 2. The Bertz CT molecular complexity index is 1320. The van der Waals surface area contributed by atoms with Crippen molar-refractivity contribution in [2.24, 2.45) is 5.92 Å². The minimum atomic E-state index is -4.97. The highest BCUT2D eigenvalue weighted by Crippen LogP contribution is 2.38. The Morgan fingerprint density at radius 2 is 1.73 bits per heavy atom. The molecule has 0 spiro atoms. The van der Waals surface area contributed by atoms with Crippen molar-refractivity contribution in [3.05, 3.63) is 35.2 Å². The lowest BCUT2D eigenvalue weighted by molar-refractivity contribution is -0.140. The number of carbonyl (C=O) groups excluding carboxylic acids is 1. The number of rotatable bonds is 7. The average Bonchev–Trinajstić information content (AvgIpc) is 3.19. The SMILES string of the molecule is Cc1c(C(=O)NC2CCOCC2)cc(-c2cnc(S(=O)(=O)NC(C)(C)C)c(C(F)(F)F)c2)n1CC1CCCCC1. The van der Waals surface area contributed by atoms with E-state index in [1.165, 1.54) is 0 Å². The maximum atomic E-state index is 14.2. The van der Waals surface area contributed by atoms with Crippen molar-refractivity contribution in [1.82, 2.24) is 19.6 Å². The molecule has 0 atom stereocenters. The van der Waals surface area contributed by atoms with Gasteiger partial charge in [-0.1, -0.05) is 19.3 Å². The highest BCUT2D eigenvalue weighted by atomic mass is 32.2. The second-order valence-corrected chi connectivity index (χ2v) is 13.5. The first-order valence-corrected chi connectivity index (χ1v) is 15.3. The summed E-state index contributed by atoms with van der Waals surface area (Å²) in [6.07, 6.45) is 2.91. The highest BCUT2D eigenvalue weighted by molar-refractivity contribution is 7.89. The van der Waals surface area contributed by atoms with Crippen molar-refractivity contribution < 1.29 is 31.1 Å². The number of pyridine rings is 1. The number of aromatic nitrogens is 2. The van der Waals surface area contributed by atoms with E-state index in [2.05, 4.69) is 15.0 Å². The quantitative estimate of drug-likeness (QED) is 0.451. The molecule has 2 aliphatic rings. The molecular weight excluding hydrogens is 545 g/mol. The van der Waals surface area contributed by atoms with E-state index in [1.54, 1.807) is 33.8 Å². The standard InChI is InChI=1S/C28H39F3N4O4S/c1-18-22(25(36)33-21-10-12-39-13-11-21)15-24(35(18)17-19-8-6-5-7-9-19)20-14-23(28(29,30)31)26(32-16-20)40(37,38)34-27(2,3)4/h14-16,19,21,34H,5-13,17H2,1-4H3,(H,33,36). The van der Waals surface area contributed by atoms with E-state index in [9.17, 15) is 26.4 Å². The Balaban J connectivity index is 1.79. The third-order valence-electron chi connectivity index (χ3n) is 7.48. The van der Waals surface area contributed by atoms with Crippen molar-refractivity contribution in [3.8, 4) is 11.3 Å². The van der Waals surface area contributed by atoms with Gasteiger partial charge in [-0.05, 0) is 71.4 Å². The van der Waals surface area contributed by atoms with Crippen LogP contribution in [-0.4, -0.2) is 48.7 Å². The number of alkyl halides is 3. The molecule has 12 heteroatoms. The summed E-state index contributed by atoms with van der Waals surface area (Å²) in [4.78, 5) is 17.2. The van der Waals surface area contributed by atoms with Gasteiger partial charge >= 0.3 is 6.18 Å². The molecule has 1 aliphatic carbocycles. The molecule has 8 nitrogen and oxygen atoms in total. The van der Waals surface area contributed by atoms with Gasteiger partial charge in [0.05, 0.1) is 16.8 Å². The monoisotopic (exact) mass is 584 g/mol. The van der Waals surface area contributed by atoms with Crippen molar-refractivity contribution in [3.63, 3.8) is 0 Å².